The van der Waals surface area contributed by atoms with E-state index in [9.17, 15) is 0 Å². The molecule has 0 bridgehead atoms. The van der Waals surface area contributed by atoms with Crippen LogP contribution in [0.2, 0.25) is 0 Å². The Morgan fingerprint density at radius 1 is 1.23 bits per heavy atom. The maximum Gasteiger partial charge on any atom is 0.191 e. The molecule has 1 saturated heterocycles. The van der Waals surface area contributed by atoms with Crippen LogP contribution in [0.4, 0.5) is 0 Å². The lowest BCUT2D eigenvalue weighted by Gasteiger charge is -2.30. The second kappa shape index (κ2) is 15.0. The molecule has 0 radical (unpaired) electrons. The number of aliphatic imine (C=N–C) groups is 1. The number of ether oxygens (including phenoxy) is 1. The average Bonchev–Trinajstić information content (AvgIpc) is 3.16. The molecule has 8 nitrogen and oxygen atoms in total. The molecule has 0 aromatic carbocycles. The van der Waals surface area contributed by atoms with Gasteiger partial charge in [-0.05, 0) is 47.0 Å². The van der Waals surface area contributed by atoms with Crippen LogP contribution in [0.15, 0.2) is 11.3 Å². The molecule has 1 aliphatic rings. The van der Waals surface area contributed by atoms with Gasteiger partial charge in [0.2, 0.25) is 0 Å². The number of hydrogen-bond donors (Lipinski definition) is 2. The number of hydrogen-bond acceptors (Lipinski definition) is 5. The molecule has 1 aromatic heterocycles. The molecule has 0 amide bonds. The minimum absolute atomic E-state index is 0. The molecule has 174 valence electrons. The van der Waals surface area contributed by atoms with Crippen LogP contribution >= 0.6 is 24.0 Å². The molecule has 0 saturated carbocycles. The van der Waals surface area contributed by atoms with E-state index in [-0.39, 0.29) is 30.1 Å². The van der Waals surface area contributed by atoms with Crippen molar-refractivity contribution in [2.45, 2.75) is 85.0 Å². The molecule has 1 aromatic rings. The molecule has 0 spiro atoms. The van der Waals surface area contributed by atoms with E-state index in [0.29, 0.717) is 18.6 Å². The predicted molar refractivity (Wildman–Crippen MR) is 134 cm³/mol. The van der Waals surface area contributed by atoms with Crippen molar-refractivity contribution in [3.63, 3.8) is 0 Å². The van der Waals surface area contributed by atoms with Crippen LogP contribution in [0.3, 0.4) is 0 Å². The van der Waals surface area contributed by atoms with Crippen molar-refractivity contribution < 1.29 is 4.74 Å². The highest BCUT2D eigenvalue weighted by Crippen LogP contribution is 2.12. The minimum atomic E-state index is 0. The topological polar surface area (TPSA) is 79.6 Å². The summed E-state index contributed by atoms with van der Waals surface area (Å²) in [5.41, 5.74) is 0. The molecule has 1 atom stereocenters. The lowest BCUT2D eigenvalue weighted by atomic mass is 10.1. The van der Waals surface area contributed by atoms with Crippen LogP contribution in [0.25, 0.3) is 0 Å². The number of halogens is 1. The van der Waals surface area contributed by atoms with Crippen molar-refractivity contribution in [3.8, 4) is 0 Å². The smallest absolute Gasteiger partial charge is 0.191 e. The van der Waals surface area contributed by atoms with E-state index in [1.165, 1.54) is 12.8 Å². The summed E-state index contributed by atoms with van der Waals surface area (Å²) in [7, 11) is 0. The van der Waals surface area contributed by atoms with Gasteiger partial charge in [-0.15, -0.1) is 34.2 Å². The van der Waals surface area contributed by atoms with Gasteiger partial charge in [0.15, 0.2) is 5.96 Å². The Hall–Kier alpha value is -0.940. The van der Waals surface area contributed by atoms with Crippen LogP contribution in [0.5, 0.6) is 0 Å². The zero-order valence-electron chi connectivity index (χ0n) is 19.4. The first-order valence-corrected chi connectivity index (χ1v) is 11.3. The van der Waals surface area contributed by atoms with Crippen molar-refractivity contribution >= 4 is 29.9 Å². The Balaban J connectivity index is 0.00000450. The monoisotopic (exact) mass is 535 g/mol. The molecule has 30 heavy (non-hydrogen) atoms. The summed E-state index contributed by atoms with van der Waals surface area (Å²) in [6, 6.07) is 1.06. The van der Waals surface area contributed by atoms with Gasteiger partial charge in [-0.3, -0.25) is 9.89 Å². The number of nitrogens with zero attached hydrogens (tertiary/aromatic N) is 5. The summed E-state index contributed by atoms with van der Waals surface area (Å²) in [4.78, 5) is 7.29. The normalized spacial score (nSPS) is 17.5. The Morgan fingerprint density at radius 2 is 1.97 bits per heavy atom. The Labute approximate surface area is 199 Å². The van der Waals surface area contributed by atoms with Gasteiger partial charge in [-0.25, -0.2) is 0 Å². The third kappa shape index (κ3) is 9.47. The average molecular weight is 536 g/mol. The van der Waals surface area contributed by atoms with E-state index in [1.807, 2.05) is 0 Å². The summed E-state index contributed by atoms with van der Waals surface area (Å²) >= 11 is 0. The summed E-state index contributed by atoms with van der Waals surface area (Å²) in [6.07, 6.45) is 6.44. The molecule has 2 heterocycles. The molecule has 2 rings (SSSR count). The van der Waals surface area contributed by atoms with Crippen LogP contribution in [0.1, 0.15) is 59.7 Å². The molecule has 0 aliphatic carbocycles. The molecule has 1 fully saturated rings. The number of guanidine groups is 1. The van der Waals surface area contributed by atoms with E-state index in [2.05, 4.69) is 64.9 Å². The molecular weight excluding hydrogens is 493 g/mol. The highest BCUT2D eigenvalue weighted by molar-refractivity contribution is 14.0. The van der Waals surface area contributed by atoms with Gasteiger partial charge >= 0.3 is 0 Å². The van der Waals surface area contributed by atoms with Crippen molar-refractivity contribution in [1.29, 1.82) is 0 Å². The van der Waals surface area contributed by atoms with Gasteiger partial charge in [0, 0.05) is 51.3 Å². The molecule has 1 unspecified atom stereocenters. The van der Waals surface area contributed by atoms with E-state index in [0.717, 1.165) is 57.4 Å². The fourth-order valence-electron chi connectivity index (χ4n) is 3.77. The maximum absolute atomic E-state index is 5.84. The predicted octanol–water partition coefficient (Wildman–Crippen LogP) is 2.68. The summed E-state index contributed by atoms with van der Waals surface area (Å²) in [5, 5.41) is 15.1. The van der Waals surface area contributed by atoms with Crippen LogP contribution < -0.4 is 10.6 Å². The van der Waals surface area contributed by atoms with Gasteiger partial charge in [0.05, 0.1) is 12.6 Å². The quantitative estimate of drug-likeness (QED) is 0.258. The van der Waals surface area contributed by atoms with Gasteiger partial charge in [-0.1, -0.05) is 6.92 Å². The number of nitrogens with one attached hydrogen (secondary N) is 2. The number of aryl methyl sites for hydroxylation is 1. The summed E-state index contributed by atoms with van der Waals surface area (Å²) in [5.74, 6) is 1.87. The Kier molecular flexibility index (Phi) is 13.5. The third-order valence-corrected chi connectivity index (χ3v) is 5.37. The van der Waals surface area contributed by atoms with Crippen LogP contribution in [0, 0.1) is 0 Å². The number of rotatable bonds is 11. The molecule has 1 aliphatic heterocycles. The highest BCUT2D eigenvalue weighted by atomic mass is 127. The SMILES string of the molecule is CCc1nncn1CCNC(=NCC1CCCCO1)NCCN(C(C)C)C(C)C.I. The van der Waals surface area contributed by atoms with E-state index >= 15 is 0 Å². The van der Waals surface area contributed by atoms with Gasteiger partial charge < -0.3 is 19.9 Å². The standard InChI is InChI=1S/C21H41N7O.HI/c1-6-20-26-25-16-27(20)12-10-22-21(24-15-19-9-7-8-14-29-19)23-11-13-28(17(2)3)18(4)5;/h16-19H,6-15H2,1-5H3,(H2,22,23,24);1H. The van der Waals surface area contributed by atoms with Crippen molar-refractivity contribution in [2.24, 2.45) is 4.99 Å². The first kappa shape index (κ1) is 27.1. The van der Waals surface area contributed by atoms with E-state index in [1.54, 1.807) is 6.33 Å². The zero-order valence-corrected chi connectivity index (χ0v) is 21.8. The lowest BCUT2D eigenvalue weighted by Crippen LogP contribution is -2.46. The van der Waals surface area contributed by atoms with E-state index in [4.69, 9.17) is 9.73 Å². The fourth-order valence-corrected chi connectivity index (χ4v) is 3.77. The largest absolute Gasteiger partial charge is 0.376 e. The van der Waals surface area contributed by atoms with Crippen LogP contribution in [-0.2, 0) is 17.7 Å². The Bertz CT molecular complexity index is 592. The molecular formula is C21H42IN7O. The second-order valence-electron chi connectivity index (χ2n) is 8.25. The van der Waals surface area contributed by atoms with Crippen molar-refractivity contribution in [1.82, 2.24) is 30.3 Å². The highest BCUT2D eigenvalue weighted by Gasteiger charge is 2.15. The maximum atomic E-state index is 5.84. The first-order chi connectivity index (χ1) is 14.0. The second-order valence-corrected chi connectivity index (χ2v) is 8.25. The minimum Gasteiger partial charge on any atom is -0.376 e. The summed E-state index contributed by atoms with van der Waals surface area (Å²) < 4.78 is 7.93. The fraction of sp³-hybridized carbons (Fsp3) is 0.857. The van der Waals surface area contributed by atoms with E-state index < -0.39 is 0 Å². The summed E-state index contributed by atoms with van der Waals surface area (Å²) in [6.45, 7) is 16.1. The van der Waals surface area contributed by atoms with Crippen molar-refractivity contribution in [3.05, 3.63) is 12.2 Å². The lowest BCUT2D eigenvalue weighted by molar-refractivity contribution is 0.0224. The Morgan fingerprint density at radius 3 is 2.60 bits per heavy atom. The molecule has 9 heteroatoms. The van der Waals surface area contributed by atoms with Gasteiger partial charge in [-0.2, -0.15) is 0 Å². The van der Waals surface area contributed by atoms with Gasteiger partial charge in [0.25, 0.3) is 0 Å². The number of aromatic nitrogens is 3. The van der Waals surface area contributed by atoms with Gasteiger partial charge in [0.1, 0.15) is 12.2 Å². The molecule has 2 N–H and O–H groups in total. The zero-order chi connectivity index (χ0) is 21.1. The third-order valence-electron chi connectivity index (χ3n) is 5.37. The van der Waals surface area contributed by atoms with Crippen LogP contribution in [-0.4, -0.2) is 76.6 Å². The van der Waals surface area contributed by atoms with Crippen molar-refractivity contribution in [2.75, 3.05) is 32.8 Å². The first-order valence-electron chi connectivity index (χ1n) is 11.3.